The Labute approximate surface area is 77.1 Å². The van der Waals surface area contributed by atoms with Gasteiger partial charge in [0.1, 0.15) is 6.26 Å². The fraction of sp³-hybridized carbons (Fsp3) is 0.667. The molecule has 0 aliphatic carbocycles. The molecule has 0 unspecified atom stereocenters. The molecular formula is C9H15FN2O. The van der Waals surface area contributed by atoms with E-state index in [2.05, 4.69) is 4.98 Å². The van der Waals surface area contributed by atoms with Gasteiger partial charge in [0.05, 0.1) is 5.69 Å². The number of rotatable bonds is 4. The number of nitrogens with zero attached hydrogens (tertiary/aromatic N) is 1. The third-order valence-electron chi connectivity index (χ3n) is 1.70. The monoisotopic (exact) mass is 186 g/mol. The first-order valence-electron chi connectivity index (χ1n) is 4.38. The zero-order chi connectivity index (χ0) is 9.90. The highest BCUT2D eigenvalue weighted by Gasteiger charge is 2.24. The van der Waals surface area contributed by atoms with E-state index in [1.807, 2.05) is 0 Å². The first-order chi connectivity index (χ1) is 6.04. The molecule has 1 heterocycles. The Bertz CT molecular complexity index is 265. The second-order valence-electron chi connectivity index (χ2n) is 3.51. The molecule has 1 rings (SSSR count). The fourth-order valence-electron chi connectivity index (χ4n) is 0.978. The van der Waals surface area contributed by atoms with Gasteiger partial charge in [-0.1, -0.05) is 0 Å². The first kappa shape index (κ1) is 10.2. The molecular weight excluding hydrogens is 171 g/mol. The van der Waals surface area contributed by atoms with Crippen molar-refractivity contribution in [3.8, 4) is 0 Å². The van der Waals surface area contributed by atoms with Crippen LogP contribution in [0.1, 0.15) is 31.9 Å². The van der Waals surface area contributed by atoms with Crippen molar-refractivity contribution in [2.75, 3.05) is 6.54 Å². The molecule has 0 aliphatic heterocycles. The summed E-state index contributed by atoms with van der Waals surface area (Å²) in [4.78, 5) is 4.02. The number of oxazole rings is 1. The van der Waals surface area contributed by atoms with Crippen molar-refractivity contribution in [2.45, 2.75) is 32.4 Å². The number of alkyl halides is 1. The topological polar surface area (TPSA) is 52.0 Å². The lowest BCUT2D eigenvalue weighted by Crippen LogP contribution is -2.09. The van der Waals surface area contributed by atoms with Gasteiger partial charge in [-0.15, -0.1) is 0 Å². The van der Waals surface area contributed by atoms with E-state index in [0.717, 1.165) is 18.5 Å². The van der Waals surface area contributed by atoms with Crippen LogP contribution in [-0.2, 0) is 12.1 Å². The molecule has 0 aliphatic rings. The number of hydrogen-bond donors (Lipinski definition) is 1. The number of aryl methyl sites for hydroxylation is 1. The lowest BCUT2D eigenvalue weighted by atomic mass is 10.2. The van der Waals surface area contributed by atoms with Crippen LogP contribution < -0.4 is 5.73 Å². The van der Waals surface area contributed by atoms with Crippen molar-refractivity contribution in [1.82, 2.24) is 4.98 Å². The van der Waals surface area contributed by atoms with Crippen molar-refractivity contribution in [1.29, 1.82) is 0 Å². The van der Waals surface area contributed by atoms with Crippen molar-refractivity contribution in [3.05, 3.63) is 17.8 Å². The summed E-state index contributed by atoms with van der Waals surface area (Å²) < 4.78 is 18.3. The van der Waals surface area contributed by atoms with Gasteiger partial charge in [0, 0.05) is 0 Å². The van der Waals surface area contributed by atoms with Crippen LogP contribution in [0.3, 0.4) is 0 Å². The smallest absolute Gasteiger partial charge is 0.231 e. The standard InChI is InChI=1S/C9H15FN2O/c1-9(2,10)8-12-7(6-13-8)4-3-5-11/h6H,3-5,11H2,1-2H3. The minimum atomic E-state index is -1.50. The minimum Gasteiger partial charge on any atom is -0.445 e. The van der Waals surface area contributed by atoms with E-state index in [0.29, 0.717) is 6.54 Å². The van der Waals surface area contributed by atoms with Crippen LogP contribution in [0, 0.1) is 0 Å². The molecule has 0 radical (unpaired) electrons. The molecule has 0 saturated heterocycles. The Morgan fingerprint density at radius 3 is 2.77 bits per heavy atom. The highest BCUT2D eigenvalue weighted by Crippen LogP contribution is 2.23. The van der Waals surface area contributed by atoms with E-state index < -0.39 is 5.67 Å². The highest BCUT2D eigenvalue weighted by atomic mass is 19.1. The molecule has 4 heteroatoms. The summed E-state index contributed by atoms with van der Waals surface area (Å²) in [7, 11) is 0. The quantitative estimate of drug-likeness (QED) is 0.779. The van der Waals surface area contributed by atoms with E-state index in [4.69, 9.17) is 10.2 Å². The molecule has 2 N–H and O–H groups in total. The number of halogens is 1. The van der Waals surface area contributed by atoms with Gasteiger partial charge in [-0.25, -0.2) is 9.37 Å². The minimum absolute atomic E-state index is 0.138. The van der Waals surface area contributed by atoms with Crippen LogP contribution in [0.25, 0.3) is 0 Å². The molecule has 0 bridgehead atoms. The van der Waals surface area contributed by atoms with Gasteiger partial charge >= 0.3 is 0 Å². The van der Waals surface area contributed by atoms with Gasteiger partial charge in [0.2, 0.25) is 5.89 Å². The van der Waals surface area contributed by atoms with Crippen molar-refractivity contribution >= 4 is 0 Å². The molecule has 3 nitrogen and oxygen atoms in total. The lowest BCUT2D eigenvalue weighted by molar-refractivity contribution is 0.170. The molecule has 0 fully saturated rings. The van der Waals surface area contributed by atoms with Crippen molar-refractivity contribution < 1.29 is 8.81 Å². The summed E-state index contributed by atoms with van der Waals surface area (Å²) in [5.74, 6) is 0.138. The molecule has 0 saturated carbocycles. The van der Waals surface area contributed by atoms with Gasteiger partial charge in [-0.2, -0.15) is 0 Å². The van der Waals surface area contributed by atoms with Crippen molar-refractivity contribution in [2.24, 2.45) is 5.73 Å². The van der Waals surface area contributed by atoms with Crippen LogP contribution in [0.2, 0.25) is 0 Å². The summed E-state index contributed by atoms with van der Waals surface area (Å²) >= 11 is 0. The normalized spacial score (nSPS) is 12.0. The molecule has 1 aromatic heterocycles. The second-order valence-corrected chi connectivity index (χ2v) is 3.51. The zero-order valence-corrected chi connectivity index (χ0v) is 8.01. The Morgan fingerprint density at radius 1 is 1.62 bits per heavy atom. The molecule has 0 amide bonds. The molecule has 74 valence electrons. The summed E-state index contributed by atoms with van der Waals surface area (Å²) in [6.07, 6.45) is 3.08. The van der Waals surface area contributed by atoms with E-state index in [1.54, 1.807) is 0 Å². The summed E-state index contributed by atoms with van der Waals surface area (Å²) in [5.41, 5.74) is 4.61. The summed E-state index contributed by atoms with van der Waals surface area (Å²) in [6, 6.07) is 0. The van der Waals surface area contributed by atoms with Gasteiger partial charge in [0.15, 0.2) is 5.67 Å². The van der Waals surface area contributed by atoms with E-state index >= 15 is 0 Å². The summed E-state index contributed by atoms with van der Waals surface area (Å²) in [6.45, 7) is 3.46. The Morgan fingerprint density at radius 2 is 2.31 bits per heavy atom. The Balaban J connectivity index is 2.64. The molecule has 1 aromatic rings. The van der Waals surface area contributed by atoms with E-state index in [-0.39, 0.29) is 5.89 Å². The van der Waals surface area contributed by atoms with Crippen LogP contribution >= 0.6 is 0 Å². The maximum atomic E-state index is 13.3. The van der Waals surface area contributed by atoms with Gasteiger partial charge < -0.3 is 10.2 Å². The maximum Gasteiger partial charge on any atom is 0.231 e. The number of hydrogen-bond acceptors (Lipinski definition) is 3. The van der Waals surface area contributed by atoms with Crippen molar-refractivity contribution in [3.63, 3.8) is 0 Å². The van der Waals surface area contributed by atoms with Crippen LogP contribution in [0.4, 0.5) is 4.39 Å². The SMILES string of the molecule is CC(C)(F)c1nc(CCCN)co1. The van der Waals surface area contributed by atoms with Crippen LogP contribution in [0.5, 0.6) is 0 Å². The summed E-state index contributed by atoms with van der Waals surface area (Å²) in [5, 5.41) is 0. The first-order valence-corrected chi connectivity index (χ1v) is 4.38. The molecule has 0 atom stereocenters. The largest absolute Gasteiger partial charge is 0.445 e. The predicted octanol–water partition coefficient (Wildman–Crippen LogP) is 1.77. The van der Waals surface area contributed by atoms with Crippen LogP contribution in [-0.4, -0.2) is 11.5 Å². The third kappa shape index (κ3) is 2.81. The Kier molecular flexibility index (Phi) is 3.03. The molecule has 13 heavy (non-hydrogen) atoms. The van der Waals surface area contributed by atoms with E-state index in [1.165, 1.54) is 20.1 Å². The zero-order valence-electron chi connectivity index (χ0n) is 8.01. The van der Waals surface area contributed by atoms with Crippen LogP contribution in [0.15, 0.2) is 10.7 Å². The average molecular weight is 186 g/mol. The van der Waals surface area contributed by atoms with Gasteiger partial charge in [-0.05, 0) is 33.2 Å². The second kappa shape index (κ2) is 3.87. The third-order valence-corrected chi connectivity index (χ3v) is 1.70. The highest BCUT2D eigenvalue weighted by molar-refractivity contribution is 5.01. The predicted molar refractivity (Wildman–Crippen MR) is 48.0 cm³/mol. The lowest BCUT2D eigenvalue weighted by Gasteiger charge is -2.06. The Hall–Kier alpha value is -0.900. The fourth-order valence-corrected chi connectivity index (χ4v) is 0.978. The van der Waals surface area contributed by atoms with Gasteiger partial charge in [-0.3, -0.25) is 0 Å². The molecule has 0 spiro atoms. The molecule has 0 aromatic carbocycles. The average Bonchev–Trinajstić information content (AvgIpc) is 2.47. The van der Waals surface area contributed by atoms with Gasteiger partial charge in [0.25, 0.3) is 0 Å². The number of aromatic nitrogens is 1. The van der Waals surface area contributed by atoms with E-state index in [9.17, 15) is 4.39 Å². The number of nitrogens with two attached hydrogens (primary N) is 1. The maximum absolute atomic E-state index is 13.3.